The molecule has 0 spiro atoms. The highest BCUT2D eigenvalue weighted by Gasteiger charge is 2.28. The lowest BCUT2D eigenvalue weighted by molar-refractivity contribution is 0.0907. The van der Waals surface area contributed by atoms with Crippen molar-refractivity contribution in [2.75, 3.05) is 18.0 Å². The molecule has 2 aromatic heterocycles. The van der Waals surface area contributed by atoms with Crippen LogP contribution in [0.3, 0.4) is 0 Å². The number of benzene rings is 1. The second-order valence-electron chi connectivity index (χ2n) is 8.39. The molecule has 1 atom stereocenters. The maximum Gasteiger partial charge on any atom is 0.178 e. The maximum atomic E-state index is 13.2. The molecule has 6 nitrogen and oxygen atoms in total. The van der Waals surface area contributed by atoms with Crippen molar-refractivity contribution in [2.24, 2.45) is 5.92 Å². The van der Waals surface area contributed by atoms with Gasteiger partial charge in [-0.25, -0.2) is 4.39 Å². The zero-order valence-corrected chi connectivity index (χ0v) is 16.4. The molecule has 7 heteroatoms. The van der Waals surface area contributed by atoms with Crippen molar-refractivity contribution in [3.63, 3.8) is 0 Å². The van der Waals surface area contributed by atoms with E-state index < -0.39 is 0 Å². The van der Waals surface area contributed by atoms with Crippen LogP contribution in [-0.4, -0.2) is 38.7 Å². The largest absolute Gasteiger partial charge is 0.354 e. The van der Waals surface area contributed by atoms with Crippen LogP contribution in [0.15, 0.2) is 36.4 Å². The van der Waals surface area contributed by atoms with Crippen molar-refractivity contribution in [1.29, 1.82) is 0 Å². The van der Waals surface area contributed by atoms with Crippen LogP contribution in [0, 0.1) is 11.7 Å². The number of hydrogen-bond acceptors (Lipinski definition) is 5. The summed E-state index contributed by atoms with van der Waals surface area (Å²) in [6.45, 7) is 7.68. The van der Waals surface area contributed by atoms with Gasteiger partial charge >= 0.3 is 0 Å². The number of halogens is 1. The van der Waals surface area contributed by atoms with Gasteiger partial charge in [-0.1, -0.05) is 20.8 Å². The number of carbonyl (C=O) groups excluding carboxylic acids is 1. The fraction of sp³-hybridized carbons (Fsp3) is 0.429. The molecule has 1 unspecified atom stereocenters. The predicted molar refractivity (Wildman–Crippen MR) is 105 cm³/mol. The van der Waals surface area contributed by atoms with Crippen LogP contribution in [0.25, 0.3) is 5.65 Å². The van der Waals surface area contributed by atoms with Crippen LogP contribution in [-0.2, 0) is 5.41 Å². The van der Waals surface area contributed by atoms with Gasteiger partial charge < -0.3 is 4.90 Å². The summed E-state index contributed by atoms with van der Waals surface area (Å²) >= 11 is 0. The number of anilines is 1. The van der Waals surface area contributed by atoms with Crippen LogP contribution in [0.4, 0.5) is 10.2 Å². The predicted octanol–water partition coefficient (Wildman–Crippen LogP) is 3.66. The van der Waals surface area contributed by atoms with Gasteiger partial charge in [0.2, 0.25) is 0 Å². The lowest BCUT2D eigenvalue weighted by Gasteiger charge is -2.32. The molecular weight excluding hydrogens is 357 g/mol. The molecule has 28 heavy (non-hydrogen) atoms. The minimum atomic E-state index is -0.331. The van der Waals surface area contributed by atoms with Crippen LogP contribution >= 0.6 is 0 Å². The summed E-state index contributed by atoms with van der Waals surface area (Å²) < 4.78 is 14.9. The van der Waals surface area contributed by atoms with E-state index in [1.54, 1.807) is 16.6 Å². The van der Waals surface area contributed by atoms with Crippen molar-refractivity contribution in [3.05, 3.63) is 53.6 Å². The van der Waals surface area contributed by atoms with Crippen LogP contribution in [0.2, 0.25) is 0 Å². The molecule has 1 fully saturated rings. The van der Waals surface area contributed by atoms with Gasteiger partial charge in [-0.05, 0) is 49.2 Å². The Kier molecular flexibility index (Phi) is 4.61. The summed E-state index contributed by atoms with van der Waals surface area (Å²) in [6, 6.07) is 9.64. The monoisotopic (exact) mass is 381 g/mol. The summed E-state index contributed by atoms with van der Waals surface area (Å²) in [6.07, 6.45) is 1.74. The third-order valence-electron chi connectivity index (χ3n) is 5.16. The SMILES string of the molecule is CC(C)(C)c1nnc2ccc(N3CCCC(C(=O)c4ccc(F)cc4)C3)nn12. The number of rotatable bonds is 3. The molecule has 0 N–H and O–H groups in total. The summed E-state index contributed by atoms with van der Waals surface area (Å²) in [4.78, 5) is 15.0. The lowest BCUT2D eigenvalue weighted by atomic mass is 9.90. The van der Waals surface area contributed by atoms with Crippen molar-refractivity contribution in [2.45, 2.75) is 39.0 Å². The quantitative estimate of drug-likeness (QED) is 0.648. The van der Waals surface area contributed by atoms with E-state index in [0.717, 1.165) is 31.0 Å². The van der Waals surface area contributed by atoms with Crippen LogP contribution in [0.1, 0.15) is 49.8 Å². The van der Waals surface area contributed by atoms with E-state index in [4.69, 9.17) is 5.10 Å². The molecule has 0 amide bonds. The molecule has 1 saturated heterocycles. The van der Waals surface area contributed by atoms with E-state index in [9.17, 15) is 9.18 Å². The standard InChI is InChI=1S/C21H24FN5O/c1-21(2,3)20-24-23-17-10-11-18(25-27(17)20)26-12-4-5-15(13-26)19(28)14-6-8-16(22)9-7-14/h6-11,15H,4-5,12-13H2,1-3H3. The first-order valence-electron chi connectivity index (χ1n) is 9.60. The molecule has 3 aromatic rings. The number of carbonyl (C=O) groups is 1. The molecule has 3 heterocycles. The van der Waals surface area contributed by atoms with Crippen molar-refractivity contribution >= 4 is 17.2 Å². The number of nitrogens with zero attached hydrogens (tertiary/aromatic N) is 5. The fourth-order valence-electron chi connectivity index (χ4n) is 3.66. The number of piperidine rings is 1. The lowest BCUT2D eigenvalue weighted by Crippen LogP contribution is -2.39. The van der Waals surface area contributed by atoms with Crippen LogP contribution in [0.5, 0.6) is 0 Å². The first-order chi connectivity index (χ1) is 13.3. The number of fused-ring (bicyclic) bond motifs is 1. The van der Waals surface area contributed by atoms with Gasteiger partial charge in [0.25, 0.3) is 0 Å². The molecule has 4 rings (SSSR count). The summed E-state index contributed by atoms with van der Waals surface area (Å²) in [5.74, 6) is 1.22. The Morgan fingerprint density at radius 3 is 2.57 bits per heavy atom. The zero-order valence-electron chi connectivity index (χ0n) is 16.4. The minimum Gasteiger partial charge on any atom is -0.354 e. The Morgan fingerprint density at radius 2 is 1.86 bits per heavy atom. The molecule has 1 aliphatic rings. The smallest absolute Gasteiger partial charge is 0.178 e. The highest BCUT2D eigenvalue weighted by molar-refractivity contribution is 5.98. The Labute approximate surface area is 163 Å². The summed E-state index contributed by atoms with van der Waals surface area (Å²) in [5, 5.41) is 13.3. The van der Waals surface area contributed by atoms with E-state index >= 15 is 0 Å². The molecule has 0 saturated carbocycles. The Hall–Kier alpha value is -2.83. The third kappa shape index (κ3) is 3.48. The van der Waals surface area contributed by atoms with Gasteiger partial charge in [0.1, 0.15) is 11.6 Å². The molecule has 1 aromatic carbocycles. The van der Waals surface area contributed by atoms with Gasteiger partial charge in [-0.2, -0.15) is 4.52 Å². The minimum absolute atomic E-state index is 0.0606. The summed E-state index contributed by atoms with van der Waals surface area (Å²) in [5.41, 5.74) is 1.10. The highest BCUT2D eigenvalue weighted by Crippen LogP contribution is 2.26. The topological polar surface area (TPSA) is 63.4 Å². The molecule has 1 aliphatic heterocycles. The van der Waals surface area contributed by atoms with Gasteiger partial charge in [0, 0.05) is 30.0 Å². The second-order valence-corrected chi connectivity index (χ2v) is 8.39. The second kappa shape index (κ2) is 6.96. The van der Waals surface area contributed by atoms with Gasteiger partial charge in [-0.3, -0.25) is 4.79 Å². The van der Waals surface area contributed by atoms with E-state index in [2.05, 4.69) is 35.9 Å². The third-order valence-corrected chi connectivity index (χ3v) is 5.16. The van der Waals surface area contributed by atoms with Gasteiger partial charge in [-0.15, -0.1) is 15.3 Å². The van der Waals surface area contributed by atoms with Crippen molar-refractivity contribution in [3.8, 4) is 0 Å². The molecule has 0 radical (unpaired) electrons. The Balaban J connectivity index is 1.59. The normalized spacial score (nSPS) is 17.9. The van der Waals surface area contributed by atoms with E-state index in [-0.39, 0.29) is 22.9 Å². The zero-order chi connectivity index (χ0) is 19.9. The van der Waals surface area contributed by atoms with Crippen LogP contribution < -0.4 is 4.90 Å². The van der Waals surface area contributed by atoms with E-state index in [0.29, 0.717) is 17.8 Å². The van der Waals surface area contributed by atoms with Crippen molar-refractivity contribution < 1.29 is 9.18 Å². The maximum absolute atomic E-state index is 13.2. The van der Waals surface area contributed by atoms with E-state index in [1.165, 1.54) is 12.1 Å². The molecular formula is C21H24FN5O. The summed E-state index contributed by atoms with van der Waals surface area (Å²) in [7, 11) is 0. The number of aromatic nitrogens is 4. The Morgan fingerprint density at radius 1 is 1.11 bits per heavy atom. The Bertz CT molecular complexity index is 1010. The molecule has 0 aliphatic carbocycles. The first-order valence-corrected chi connectivity index (χ1v) is 9.60. The molecule has 0 bridgehead atoms. The van der Waals surface area contributed by atoms with Gasteiger partial charge in [0.15, 0.2) is 17.3 Å². The average molecular weight is 381 g/mol. The van der Waals surface area contributed by atoms with Gasteiger partial charge in [0.05, 0.1) is 0 Å². The first kappa shape index (κ1) is 18.5. The average Bonchev–Trinajstić information content (AvgIpc) is 3.12. The number of hydrogen-bond donors (Lipinski definition) is 0. The van der Waals surface area contributed by atoms with Crippen molar-refractivity contribution in [1.82, 2.24) is 19.8 Å². The van der Waals surface area contributed by atoms with E-state index in [1.807, 2.05) is 12.1 Å². The molecule has 146 valence electrons. The number of Topliss-reactive ketones (excluding diaryl/α,β-unsaturated/α-hetero) is 1. The fourth-order valence-corrected chi connectivity index (χ4v) is 3.66. The number of ketones is 1. The highest BCUT2D eigenvalue weighted by atomic mass is 19.1.